The zero-order valence-corrected chi connectivity index (χ0v) is 16.0. The van der Waals surface area contributed by atoms with Crippen LogP contribution in [0.5, 0.6) is 0 Å². The fourth-order valence-corrected chi connectivity index (χ4v) is 4.64. The van der Waals surface area contributed by atoms with Gasteiger partial charge in [0.2, 0.25) is 5.91 Å². The number of imidazole rings is 1. The van der Waals surface area contributed by atoms with Crippen LogP contribution in [-0.4, -0.2) is 32.5 Å². The molecular formula is C18H18N4O2S2. The van der Waals surface area contributed by atoms with Crippen LogP contribution in [0.3, 0.4) is 0 Å². The molecule has 0 saturated heterocycles. The molecule has 0 atom stereocenters. The van der Waals surface area contributed by atoms with Gasteiger partial charge in [0.05, 0.1) is 27.4 Å². The number of benzene rings is 1. The minimum absolute atomic E-state index is 0.132. The van der Waals surface area contributed by atoms with E-state index in [1.807, 2.05) is 35.1 Å². The van der Waals surface area contributed by atoms with E-state index >= 15 is 0 Å². The third-order valence-corrected chi connectivity index (χ3v) is 5.92. The van der Waals surface area contributed by atoms with E-state index in [4.69, 9.17) is 0 Å². The number of carbonyl (C=O) groups is 2. The molecule has 26 heavy (non-hydrogen) atoms. The first kappa shape index (κ1) is 17.2. The number of aryl methyl sites for hydroxylation is 1. The van der Waals surface area contributed by atoms with Gasteiger partial charge >= 0.3 is 0 Å². The first-order chi connectivity index (χ1) is 12.7. The Balaban J connectivity index is 1.56. The predicted molar refractivity (Wildman–Crippen MR) is 105 cm³/mol. The summed E-state index contributed by atoms with van der Waals surface area (Å²) in [5.41, 5.74) is 2.65. The lowest BCUT2D eigenvalue weighted by Gasteiger charge is -2.08. The molecule has 0 unspecified atom stereocenters. The fraction of sp³-hybridized carbons (Fsp3) is 0.333. The van der Waals surface area contributed by atoms with Gasteiger partial charge in [-0.25, -0.2) is 9.97 Å². The highest BCUT2D eigenvalue weighted by Crippen LogP contribution is 2.29. The van der Waals surface area contributed by atoms with Crippen molar-refractivity contribution in [1.29, 1.82) is 0 Å². The lowest BCUT2D eigenvalue weighted by molar-refractivity contribution is -0.116. The Morgan fingerprint density at radius 2 is 2.15 bits per heavy atom. The van der Waals surface area contributed by atoms with Crippen LogP contribution in [-0.2, 0) is 23.5 Å². The first-order valence-corrected chi connectivity index (χ1v) is 10.6. The van der Waals surface area contributed by atoms with Crippen LogP contribution in [0, 0.1) is 0 Å². The molecule has 3 aromatic rings. The lowest BCUT2D eigenvalue weighted by Crippen LogP contribution is -2.20. The van der Waals surface area contributed by atoms with Gasteiger partial charge in [0.25, 0.3) is 0 Å². The number of Topliss-reactive ketones (excluding diaryl/α,β-unsaturated/α-hetero) is 1. The normalized spacial score (nSPS) is 13.8. The Morgan fingerprint density at radius 1 is 1.31 bits per heavy atom. The van der Waals surface area contributed by atoms with E-state index in [1.54, 1.807) is 11.8 Å². The highest BCUT2D eigenvalue weighted by atomic mass is 32.2. The Hall–Kier alpha value is -2.19. The van der Waals surface area contributed by atoms with Gasteiger partial charge in [-0.05, 0) is 31.2 Å². The molecule has 2 aromatic heterocycles. The van der Waals surface area contributed by atoms with Gasteiger partial charge in [-0.15, -0.1) is 0 Å². The Morgan fingerprint density at radius 3 is 2.96 bits per heavy atom. The molecular weight excluding hydrogens is 368 g/mol. The van der Waals surface area contributed by atoms with Crippen LogP contribution < -0.4 is 5.32 Å². The number of fused-ring (bicyclic) bond motifs is 2. The number of thiazole rings is 1. The number of hydrogen-bond donors (Lipinski definition) is 1. The number of carbonyl (C=O) groups excluding carboxylic acids is 2. The van der Waals surface area contributed by atoms with Gasteiger partial charge in [0.1, 0.15) is 12.4 Å². The number of aromatic nitrogens is 3. The largest absolute Gasteiger partial charge is 0.318 e. The summed E-state index contributed by atoms with van der Waals surface area (Å²) in [5.74, 6) is 1.59. The summed E-state index contributed by atoms with van der Waals surface area (Å²) < 4.78 is 1.94. The van der Waals surface area contributed by atoms with Crippen molar-refractivity contribution >= 4 is 51.0 Å². The fourth-order valence-electron chi connectivity index (χ4n) is 3.17. The van der Waals surface area contributed by atoms with Gasteiger partial charge in [0.15, 0.2) is 10.9 Å². The monoisotopic (exact) mass is 386 g/mol. The average Bonchev–Trinajstić information content (AvgIpc) is 3.18. The Bertz CT molecular complexity index is 992. The maximum absolute atomic E-state index is 12.6. The topological polar surface area (TPSA) is 76.9 Å². The zero-order chi connectivity index (χ0) is 18.1. The molecule has 2 heterocycles. The molecule has 1 aliphatic carbocycles. The van der Waals surface area contributed by atoms with E-state index in [2.05, 4.69) is 15.3 Å². The summed E-state index contributed by atoms with van der Waals surface area (Å²) >= 11 is 2.95. The van der Waals surface area contributed by atoms with Crippen molar-refractivity contribution in [2.45, 2.75) is 31.6 Å². The van der Waals surface area contributed by atoms with Crippen molar-refractivity contribution < 1.29 is 9.59 Å². The molecule has 8 heteroatoms. The van der Waals surface area contributed by atoms with Crippen LogP contribution in [0.25, 0.3) is 11.0 Å². The summed E-state index contributed by atoms with van der Waals surface area (Å²) in [6, 6.07) is 7.82. The third-order valence-electron chi connectivity index (χ3n) is 4.32. The number of ketones is 1. The minimum atomic E-state index is -0.158. The Kier molecular flexibility index (Phi) is 4.78. The van der Waals surface area contributed by atoms with Gasteiger partial charge < -0.3 is 9.88 Å². The summed E-state index contributed by atoms with van der Waals surface area (Å²) in [4.78, 5) is 34.3. The molecule has 1 N–H and O–H groups in total. The van der Waals surface area contributed by atoms with E-state index < -0.39 is 0 Å². The second-order valence-electron chi connectivity index (χ2n) is 6.16. The quantitative estimate of drug-likeness (QED) is 0.726. The number of para-hydroxylation sites is 2. The van der Waals surface area contributed by atoms with Crippen LogP contribution in [0.1, 0.15) is 34.0 Å². The number of hydrogen-bond acceptors (Lipinski definition) is 6. The summed E-state index contributed by atoms with van der Waals surface area (Å²) in [7, 11) is 0. The van der Waals surface area contributed by atoms with Crippen LogP contribution >= 0.6 is 23.1 Å². The van der Waals surface area contributed by atoms with Gasteiger partial charge in [-0.1, -0.05) is 23.5 Å². The molecule has 0 spiro atoms. The summed E-state index contributed by atoms with van der Waals surface area (Å²) in [6.07, 6.45) is 4.22. The number of rotatable bonds is 5. The van der Waals surface area contributed by atoms with Crippen LogP contribution in [0.2, 0.25) is 0 Å². The molecule has 0 fully saturated rings. The number of amides is 1. The van der Waals surface area contributed by atoms with Crippen molar-refractivity contribution in [3.05, 3.63) is 40.7 Å². The van der Waals surface area contributed by atoms with Crippen LogP contribution in [0.4, 0.5) is 5.13 Å². The molecule has 1 amide bonds. The van der Waals surface area contributed by atoms with E-state index in [0.717, 1.165) is 41.1 Å². The SMILES string of the molecule is CSCc1nc2ccccc2n1CC(=O)Nc1nc2c(s1)C(=O)CCC2. The van der Waals surface area contributed by atoms with Crippen molar-refractivity contribution in [3.8, 4) is 0 Å². The predicted octanol–water partition coefficient (Wildman–Crippen LogP) is 3.51. The molecule has 1 aliphatic rings. The van der Waals surface area contributed by atoms with Crippen molar-refractivity contribution in [1.82, 2.24) is 14.5 Å². The first-order valence-electron chi connectivity index (χ1n) is 8.41. The van der Waals surface area contributed by atoms with E-state index in [-0.39, 0.29) is 18.2 Å². The van der Waals surface area contributed by atoms with Crippen molar-refractivity contribution in [2.75, 3.05) is 11.6 Å². The van der Waals surface area contributed by atoms with Crippen molar-refractivity contribution in [2.24, 2.45) is 0 Å². The highest BCUT2D eigenvalue weighted by Gasteiger charge is 2.23. The summed E-state index contributed by atoms with van der Waals surface area (Å²) in [5, 5.41) is 3.36. The maximum Gasteiger partial charge on any atom is 0.246 e. The van der Waals surface area contributed by atoms with E-state index in [9.17, 15) is 9.59 Å². The average molecular weight is 387 g/mol. The van der Waals surface area contributed by atoms with Gasteiger partial charge in [-0.3, -0.25) is 9.59 Å². The lowest BCUT2D eigenvalue weighted by atomic mass is 10.0. The molecule has 1 aromatic carbocycles. The number of thioether (sulfide) groups is 1. The number of anilines is 1. The Labute approximate surface area is 159 Å². The van der Waals surface area contributed by atoms with E-state index in [1.165, 1.54) is 11.3 Å². The van der Waals surface area contributed by atoms with Crippen LogP contribution in [0.15, 0.2) is 24.3 Å². The second kappa shape index (κ2) is 7.20. The number of nitrogens with one attached hydrogen (secondary N) is 1. The maximum atomic E-state index is 12.6. The molecule has 0 radical (unpaired) electrons. The van der Waals surface area contributed by atoms with Gasteiger partial charge in [0, 0.05) is 6.42 Å². The molecule has 0 saturated carbocycles. The summed E-state index contributed by atoms with van der Waals surface area (Å²) in [6.45, 7) is 0.175. The van der Waals surface area contributed by atoms with Gasteiger partial charge in [-0.2, -0.15) is 11.8 Å². The molecule has 0 bridgehead atoms. The minimum Gasteiger partial charge on any atom is -0.318 e. The zero-order valence-electron chi connectivity index (χ0n) is 14.3. The van der Waals surface area contributed by atoms with E-state index in [0.29, 0.717) is 16.4 Å². The second-order valence-corrected chi connectivity index (χ2v) is 8.02. The molecule has 6 nitrogen and oxygen atoms in total. The number of nitrogens with zero attached hydrogens (tertiary/aromatic N) is 3. The molecule has 4 rings (SSSR count). The smallest absolute Gasteiger partial charge is 0.246 e. The molecule has 134 valence electrons. The standard InChI is InChI=1S/C18H18N4O2S2/c1-25-10-15-19-11-5-2-3-7-13(11)22(15)9-16(24)21-18-20-12-6-4-8-14(23)17(12)26-18/h2-3,5,7H,4,6,8-10H2,1H3,(H,20,21,24). The van der Waals surface area contributed by atoms with Crippen molar-refractivity contribution in [3.63, 3.8) is 0 Å². The molecule has 0 aliphatic heterocycles. The highest BCUT2D eigenvalue weighted by molar-refractivity contribution is 7.97. The third kappa shape index (κ3) is 3.26.